The van der Waals surface area contributed by atoms with Crippen molar-refractivity contribution in [1.29, 1.82) is 0 Å². The van der Waals surface area contributed by atoms with Crippen LogP contribution in [0.15, 0.2) is 59.6 Å². The normalized spacial score (nSPS) is 16.9. The molecular formula is C26H27N3O6S2. The van der Waals surface area contributed by atoms with Crippen LogP contribution in [-0.2, 0) is 19.4 Å². The smallest absolute Gasteiger partial charge is 0.259 e. The number of carbonyl (C=O) groups is 2. The number of primary amides is 1. The van der Waals surface area contributed by atoms with Crippen LogP contribution < -0.4 is 15.8 Å². The molecule has 0 bridgehead atoms. The van der Waals surface area contributed by atoms with Crippen LogP contribution in [-0.4, -0.2) is 36.6 Å². The fourth-order valence-electron chi connectivity index (χ4n) is 4.25. The topological polar surface area (TPSA) is 138 Å². The Morgan fingerprint density at radius 2 is 1.68 bits per heavy atom. The van der Waals surface area contributed by atoms with Crippen LogP contribution in [0.5, 0.6) is 10.8 Å². The number of ether oxygens (including phenoxy) is 2. The van der Waals surface area contributed by atoms with Crippen LogP contribution in [0.3, 0.4) is 0 Å². The lowest BCUT2D eigenvalue weighted by Crippen LogP contribution is -2.26. The maximum Gasteiger partial charge on any atom is 0.259 e. The number of nitrogens with zero attached hydrogens (tertiary/aromatic N) is 1. The van der Waals surface area contributed by atoms with Gasteiger partial charge >= 0.3 is 0 Å². The molecule has 2 saturated carbocycles. The lowest BCUT2D eigenvalue weighted by atomic mass is 10.1. The van der Waals surface area contributed by atoms with Gasteiger partial charge in [-0.25, -0.2) is 13.4 Å². The van der Waals surface area contributed by atoms with Crippen LogP contribution in [0, 0.1) is 0 Å². The van der Waals surface area contributed by atoms with E-state index in [2.05, 4.69) is 10.3 Å². The minimum atomic E-state index is -3.32. The number of hydrogen-bond acceptors (Lipinski definition) is 8. The molecule has 11 heteroatoms. The maximum absolute atomic E-state index is 13.3. The van der Waals surface area contributed by atoms with Crippen molar-refractivity contribution in [3.8, 4) is 10.8 Å². The summed E-state index contributed by atoms with van der Waals surface area (Å²) < 4.78 is 37.1. The molecule has 37 heavy (non-hydrogen) atoms. The Hall–Kier alpha value is -3.28. The molecule has 1 unspecified atom stereocenters. The first-order chi connectivity index (χ1) is 17.8. The van der Waals surface area contributed by atoms with Gasteiger partial charge in [-0.05, 0) is 67.6 Å². The van der Waals surface area contributed by atoms with Crippen LogP contribution in [0.25, 0.3) is 0 Å². The number of thiazole rings is 1. The van der Waals surface area contributed by atoms with E-state index < -0.39 is 27.8 Å². The second kappa shape index (κ2) is 10.6. The second-order valence-electron chi connectivity index (χ2n) is 9.20. The Morgan fingerprint density at radius 1 is 1.00 bits per heavy atom. The number of anilines is 1. The third-order valence-corrected chi connectivity index (χ3v) is 9.48. The summed E-state index contributed by atoms with van der Waals surface area (Å²) in [6, 6.07) is 12.8. The Bertz CT molecular complexity index is 1380. The van der Waals surface area contributed by atoms with E-state index in [1.165, 1.54) is 6.20 Å². The highest BCUT2D eigenvalue weighted by Crippen LogP contribution is 2.35. The molecule has 0 aliphatic heterocycles. The van der Waals surface area contributed by atoms with Crippen molar-refractivity contribution in [2.24, 2.45) is 5.73 Å². The Balaban J connectivity index is 1.29. The summed E-state index contributed by atoms with van der Waals surface area (Å²) in [6.45, 7) is 0. The number of amides is 2. The molecule has 2 aromatic carbocycles. The molecule has 0 saturated heterocycles. The van der Waals surface area contributed by atoms with Gasteiger partial charge in [0.05, 0.1) is 22.4 Å². The Kier molecular flexibility index (Phi) is 7.27. The summed E-state index contributed by atoms with van der Waals surface area (Å²) in [4.78, 5) is 29.0. The second-order valence-corrected chi connectivity index (χ2v) is 12.4. The van der Waals surface area contributed by atoms with Gasteiger partial charge in [0.1, 0.15) is 5.75 Å². The SMILES string of the molecule is NC(=O)c1ccc(Oc2cnc(NC(=O)C(OC3CCCC3)c3ccc(S(=O)(=O)C4CC4)cc3)s2)cc1. The highest BCUT2D eigenvalue weighted by Gasteiger charge is 2.37. The van der Waals surface area contributed by atoms with Crippen molar-refractivity contribution in [3.63, 3.8) is 0 Å². The highest BCUT2D eigenvalue weighted by molar-refractivity contribution is 7.92. The van der Waals surface area contributed by atoms with E-state index in [-0.39, 0.29) is 16.2 Å². The van der Waals surface area contributed by atoms with Gasteiger partial charge in [0, 0.05) is 5.56 Å². The molecule has 1 heterocycles. The molecule has 0 spiro atoms. The predicted octanol–water partition coefficient (Wildman–Crippen LogP) is 4.61. The van der Waals surface area contributed by atoms with Crippen LogP contribution >= 0.6 is 11.3 Å². The van der Waals surface area contributed by atoms with E-state index in [4.69, 9.17) is 15.2 Å². The average molecular weight is 542 g/mol. The number of nitrogens with one attached hydrogen (secondary N) is 1. The molecule has 0 radical (unpaired) electrons. The number of carbonyl (C=O) groups excluding carboxylic acids is 2. The first kappa shape index (κ1) is 25.4. The third-order valence-electron chi connectivity index (χ3n) is 6.42. The fraction of sp³-hybridized carbons (Fsp3) is 0.346. The van der Waals surface area contributed by atoms with Crippen molar-refractivity contribution in [2.45, 2.75) is 60.9 Å². The first-order valence-electron chi connectivity index (χ1n) is 12.1. The minimum absolute atomic E-state index is 0.0378. The summed E-state index contributed by atoms with van der Waals surface area (Å²) in [7, 11) is -3.32. The van der Waals surface area contributed by atoms with E-state index in [0.717, 1.165) is 37.0 Å². The monoisotopic (exact) mass is 541 g/mol. The molecule has 2 fully saturated rings. The van der Waals surface area contributed by atoms with E-state index in [9.17, 15) is 18.0 Å². The van der Waals surface area contributed by atoms with Gasteiger partial charge in [0.15, 0.2) is 21.1 Å². The van der Waals surface area contributed by atoms with Gasteiger partial charge in [0.25, 0.3) is 5.91 Å². The van der Waals surface area contributed by atoms with Crippen molar-refractivity contribution < 1.29 is 27.5 Å². The molecule has 194 valence electrons. The maximum atomic E-state index is 13.3. The van der Waals surface area contributed by atoms with Gasteiger partial charge in [-0.15, -0.1) is 0 Å². The average Bonchev–Trinajstić information content (AvgIpc) is 3.47. The van der Waals surface area contributed by atoms with Crippen LogP contribution in [0.1, 0.15) is 60.6 Å². The van der Waals surface area contributed by atoms with E-state index in [1.807, 2.05) is 0 Å². The fourth-order valence-corrected chi connectivity index (χ4v) is 6.60. The van der Waals surface area contributed by atoms with Crippen molar-refractivity contribution in [2.75, 3.05) is 5.32 Å². The third kappa shape index (κ3) is 6.00. The van der Waals surface area contributed by atoms with Crippen LogP contribution in [0.2, 0.25) is 0 Å². The Morgan fingerprint density at radius 3 is 2.30 bits per heavy atom. The van der Waals surface area contributed by atoms with Crippen molar-refractivity contribution in [3.05, 3.63) is 65.9 Å². The number of sulfone groups is 1. The molecular weight excluding hydrogens is 514 g/mol. The van der Waals surface area contributed by atoms with E-state index in [0.29, 0.717) is 39.9 Å². The van der Waals surface area contributed by atoms with Gasteiger partial charge in [-0.1, -0.05) is 36.3 Å². The zero-order valence-corrected chi connectivity index (χ0v) is 21.6. The van der Waals surface area contributed by atoms with Crippen molar-refractivity contribution in [1.82, 2.24) is 4.98 Å². The quantitative estimate of drug-likeness (QED) is 0.382. The number of rotatable bonds is 10. The predicted molar refractivity (Wildman–Crippen MR) is 139 cm³/mol. The van der Waals surface area contributed by atoms with Crippen molar-refractivity contribution >= 4 is 38.1 Å². The van der Waals surface area contributed by atoms with Gasteiger partial charge in [-0.2, -0.15) is 0 Å². The standard InChI is InChI=1S/C26H27N3O6S2/c27-24(30)17-5-9-19(10-6-17)34-22-15-28-26(36-22)29-25(31)23(35-18-3-1-2-4-18)16-7-11-20(12-8-16)37(32,33)21-13-14-21/h5-12,15,18,21,23H,1-4,13-14H2,(H2,27,30)(H,28,29,31). The largest absolute Gasteiger partial charge is 0.445 e. The van der Waals surface area contributed by atoms with Gasteiger partial charge < -0.3 is 15.2 Å². The first-order valence-corrected chi connectivity index (χ1v) is 14.5. The summed E-state index contributed by atoms with van der Waals surface area (Å²) >= 11 is 1.15. The minimum Gasteiger partial charge on any atom is -0.445 e. The molecule has 3 N–H and O–H groups in total. The molecule has 5 rings (SSSR count). The molecule has 3 aromatic rings. The Labute approximate surface area is 218 Å². The molecule has 2 aliphatic rings. The summed E-state index contributed by atoms with van der Waals surface area (Å²) in [5.74, 6) is -0.422. The number of benzene rings is 2. The number of hydrogen-bond donors (Lipinski definition) is 2. The number of aromatic nitrogens is 1. The molecule has 2 aliphatic carbocycles. The van der Waals surface area contributed by atoms with E-state index in [1.54, 1.807) is 48.5 Å². The number of nitrogens with two attached hydrogens (primary N) is 1. The molecule has 9 nitrogen and oxygen atoms in total. The van der Waals surface area contributed by atoms with Crippen LogP contribution in [0.4, 0.5) is 5.13 Å². The summed E-state index contributed by atoms with van der Waals surface area (Å²) in [5, 5.41) is 3.29. The van der Waals surface area contributed by atoms with E-state index >= 15 is 0 Å². The van der Waals surface area contributed by atoms with Gasteiger partial charge in [0.2, 0.25) is 11.0 Å². The zero-order chi connectivity index (χ0) is 26.0. The lowest BCUT2D eigenvalue weighted by Gasteiger charge is -2.21. The molecule has 2 amide bonds. The molecule has 1 aromatic heterocycles. The highest BCUT2D eigenvalue weighted by atomic mass is 32.2. The summed E-state index contributed by atoms with van der Waals surface area (Å²) in [6.07, 6.45) is 5.78. The molecule has 1 atom stereocenters. The van der Waals surface area contributed by atoms with Gasteiger partial charge in [-0.3, -0.25) is 14.9 Å². The zero-order valence-electron chi connectivity index (χ0n) is 20.0. The summed E-state index contributed by atoms with van der Waals surface area (Å²) in [5.41, 5.74) is 6.22. The lowest BCUT2D eigenvalue weighted by molar-refractivity contribution is -0.131.